The number of nitrogens with one attached hydrogen (secondary N) is 1. The Morgan fingerprint density at radius 3 is 2.64 bits per heavy atom. The number of phenols is 2. The van der Waals surface area contributed by atoms with Crippen molar-refractivity contribution in [1.29, 1.82) is 0 Å². The standard InChI is InChI=1S/C17H18N2O6/c20-14-2-1-10(9-15(14)21)3-5-18-6-4-11-7-12(16(22)23)19-13(8-11)17(24)25/h1-2,4,6-7,9,13,19-21H,3,5,8H2,(H,22,23)(H,24,25)/b11-4+,18-6?/t13-/m0/s1. The first kappa shape index (κ1) is 18.1. The quantitative estimate of drug-likeness (QED) is 0.383. The summed E-state index contributed by atoms with van der Waals surface area (Å²) in [5, 5.41) is 39.2. The highest BCUT2D eigenvalue weighted by Crippen LogP contribution is 2.25. The molecule has 0 saturated carbocycles. The minimum Gasteiger partial charge on any atom is -0.504 e. The molecule has 25 heavy (non-hydrogen) atoms. The second-order valence-corrected chi connectivity index (χ2v) is 5.47. The fourth-order valence-electron chi connectivity index (χ4n) is 2.29. The molecule has 8 nitrogen and oxygen atoms in total. The Labute approximate surface area is 143 Å². The van der Waals surface area contributed by atoms with Crippen LogP contribution in [-0.4, -0.2) is 51.2 Å². The molecule has 2 rings (SSSR count). The number of hydrogen-bond donors (Lipinski definition) is 5. The second kappa shape index (κ2) is 8.00. The van der Waals surface area contributed by atoms with E-state index < -0.39 is 18.0 Å². The number of allylic oxidation sites excluding steroid dienone is 2. The van der Waals surface area contributed by atoms with E-state index in [0.29, 0.717) is 18.5 Å². The Balaban J connectivity index is 1.97. The first-order valence-electron chi connectivity index (χ1n) is 7.51. The van der Waals surface area contributed by atoms with E-state index in [1.807, 2.05) is 0 Å². The smallest absolute Gasteiger partial charge is 0.351 e. The molecule has 0 saturated heterocycles. The van der Waals surface area contributed by atoms with E-state index in [0.717, 1.165) is 5.56 Å². The van der Waals surface area contributed by atoms with E-state index >= 15 is 0 Å². The van der Waals surface area contributed by atoms with E-state index in [1.54, 1.807) is 12.1 Å². The van der Waals surface area contributed by atoms with Crippen LogP contribution >= 0.6 is 0 Å². The van der Waals surface area contributed by atoms with Crippen LogP contribution in [0.5, 0.6) is 11.5 Å². The van der Waals surface area contributed by atoms with Gasteiger partial charge >= 0.3 is 11.9 Å². The molecule has 1 atom stereocenters. The van der Waals surface area contributed by atoms with Gasteiger partial charge in [0.2, 0.25) is 0 Å². The first-order chi connectivity index (χ1) is 11.9. The van der Waals surface area contributed by atoms with Gasteiger partial charge in [-0.05, 0) is 41.8 Å². The van der Waals surface area contributed by atoms with Crippen molar-refractivity contribution in [3.05, 3.63) is 47.2 Å². The van der Waals surface area contributed by atoms with Gasteiger partial charge in [0, 0.05) is 19.2 Å². The highest BCUT2D eigenvalue weighted by molar-refractivity contribution is 5.89. The molecule has 0 spiro atoms. The van der Waals surface area contributed by atoms with Crippen molar-refractivity contribution < 1.29 is 30.0 Å². The Bertz CT molecular complexity index is 766. The third-order valence-electron chi connectivity index (χ3n) is 3.59. The molecule has 132 valence electrons. The fourth-order valence-corrected chi connectivity index (χ4v) is 2.29. The van der Waals surface area contributed by atoms with Crippen LogP contribution in [0.3, 0.4) is 0 Å². The molecule has 0 aromatic heterocycles. The van der Waals surface area contributed by atoms with E-state index in [9.17, 15) is 19.8 Å². The summed E-state index contributed by atoms with van der Waals surface area (Å²) in [5.41, 5.74) is 1.19. The van der Waals surface area contributed by atoms with E-state index in [2.05, 4.69) is 10.3 Å². The molecule has 1 aliphatic rings. The largest absolute Gasteiger partial charge is 0.504 e. The number of nitrogens with zero attached hydrogens (tertiary/aromatic N) is 1. The normalized spacial score (nSPS) is 18.8. The summed E-state index contributed by atoms with van der Waals surface area (Å²) in [5.74, 6) is -2.72. The predicted octanol–water partition coefficient (Wildman–Crippen LogP) is 1.05. The van der Waals surface area contributed by atoms with Gasteiger partial charge in [0.15, 0.2) is 11.5 Å². The summed E-state index contributed by atoms with van der Waals surface area (Å²) in [7, 11) is 0. The maximum Gasteiger partial charge on any atom is 0.351 e. The van der Waals surface area contributed by atoms with Gasteiger partial charge in [0.25, 0.3) is 0 Å². The third-order valence-corrected chi connectivity index (χ3v) is 3.59. The lowest BCUT2D eigenvalue weighted by molar-refractivity contribution is -0.139. The van der Waals surface area contributed by atoms with Gasteiger partial charge < -0.3 is 25.7 Å². The van der Waals surface area contributed by atoms with Gasteiger partial charge in [-0.15, -0.1) is 0 Å². The van der Waals surface area contributed by atoms with Crippen molar-refractivity contribution >= 4 is 18.2 Å². The van der Waals surface area contributed by atoms with Crippen LogP contribution in [0.4, 0.5) is 0 Å². The number of carboxylic acid groups (broad SMARTS) is 2. The molecule has 1 aliphatic heterocycles. The van der Waals surface area contributed by atoms with Crippen molar-refractivity contribution in [1.82, 2.24) is 5.32 Å². The Kier molecular flexibility index (Phi) is 5.78. The van der Waals surface area contributed by atoms with Gasteiger partial charge in [0.1, 0.15) is 11.7 Å². The third kappa shape index (κ3) is 5.10. The summed E-state index contributed by atoms with van der Waals surface area (Å²) in [6.07, 6.45) is 5.16. The van der Waals surface area contributed by atoms with Crippen molar-refractivity contribution in [2.45, 2.75) is 18.9 Å². The summed E-state index contributed by atoms with van der Waals surface area (Å²) in [6.45, 7) is 0.421. The topological polar surface area (TPSA) is 139 Å². The van der Waals surface area contributed by atoms with Crippen LogP contribution in [0.25, 0.3) is 0 Å². The number of aliphatic carboxylic acids is 2. The molecule has 8 heteroatoms. The van der Waals surface area contributed by atoms with Crippen molar-refractivity contribution in [2.75, 3.05) is 6.54 Å². The second-order valence-electron chi connectivity index (χ2n) is 5.47. The summed E-state index contributed by atoms with van der Waals surface area (Å²) in [4.78, 5) is 26.3. The Morgan fingerprint density at radius 1 is 1.24 bits per heavy atom. The van der Waals surface area contributed by atoms with Gasteiger partial charge in [-0.2, -0.15) is 0 Å². The Hall–Kier alpha value is -3.29. The van der Waals surface area contributed by atoms with Crippen molar-refractivity contribution in [3.8, 4) is 11.5 Å². The number of benzene rings is 1. The number of phenolic OH excluding ortho intramolecular Hbond substituents is 2. The lowest BCUT2D eigenvalue weighted by Gasteiger charge is -2.21. The highest BCUT2D eigenvalue weighted by Gasteiger charge is 2.26. The number of aliphatic imine (C=N–C) groups is 1. The monoisotopic (exact) mass is 346 g/mol. The molecule has 0 bridgehead atoms. The summed E-state index contributed by atoms with van der Waals surface area (Å²) >= 11 is 0. The molecule has 1 aromatic rings. The molecule has 0 amide bonds. The van der Waals surface area contributed by atoms with Gasteiger partial charge in [-0.3, -0.25) is 4.99 Å². The summed E-state index contributed by atoms with van der Waals surface area (Å²) in [6, 6.07) is 3.54. The maximum atomic E-state index is 11.1. The average Bonchev–Trinajstić information content (AvgIpc) is 2.57. The van der Waals surface area contributed by atoms with E-state index in [1.165, 1.54) is 24.4 Å². The molecule has 0 fully saturated rings. The maximum absolute atomic E-state index is 11.1. The van der Waals surface area contributed by atoms with Crippen molar-refractivity contribution in [2.24, 2.45) is 4.99 Å². The molecular formula is C17H18N2O6. The van der Waals surface area contributed by atoms with Crippen LogP contribution in [0, 0.1) is 0 Å². The minimum absolute atomic E-state index is 0.157. The molecule has 1 heterocycles. The number of hydrogen-bond acceptors (Lipinski definition) is 6. The highest BCUT2D eigenvalue weighted by atomic mass is 16.4. The molecule has 0 radical (unpaired) electrons. The zero-order valence-corrected chi connectivity index (χ0v) is 13.2. The fraction of sp³-hybridized carbons (Fsp3) is 0.235. The number of carboxylic acids is 2. The minimum atomic E-state index is -1.22. The molecule has 5 N–H and O–H groups in total. The number of rotatable bonds is 6. The van der Waals surface area contributed by atoms with Gasteiger partial charge in [-0.25, -0.2) is 9.59 Å². The van der Waals surface area contributed by atoms with E-state index in [4.69, 9.17) is 10.2 Å². The number of aromatic hydroxyl groups is 2. The van der Waals surface area contributed by atoms with Crippen molar-refractivity contribution in [3.63, 3.8) is 0 Å². The van der Waals surface area contributed by atoms with Crippen LogP contribution in [0.1, 0.15) is 12.0 Å². The van der Waals surface area contributed by atoms with Crippen LogP contribution in [0.15, 0.2) is 46.6 Å². The summed E-state index contributed by atoms with van der Waals surface area (Å²) < 4.78 is 0. The SMILES string of the molecule is O=C(O)C1=C/C(=C\C=NCCc2ccc(O)c(O)c2)C[C@@H](C(=O)O)N1. The lowest BCUT2D eigenvalue weighted by atomic mass is 10.00. The van der Waals surface area contributed by atoms with Gasteiger partial charge in [0.05, 0.1) is 0 Å². The average molecular weight is 346 g/mol. The predicted molar refractivity (Wildman–Crippen MR) is 89.8 cm³/mol. The Morgan fingerprint density at radius 2 is 2.00 bits per heavy atom. The van der Waals surface area contributed by atoms with Gasteiger partial charge in [-0.1, -0.05) is 6.07 Å². The van der Waals surface area contributed by atoms with Crippen LogP contribution < -0.4 is 5.32 Å². The van der Waals surface area contributed by atoms with Crippen LogP contribution in [-0.2, 0) is 16.0 Å². The molecule has 0 unspecified atom stereocenters. The number of carbonyl (C=O) groups is 2. The lowest BCUT2D eigenvalue weighted by Crippen LogP contribution is -2.41. The molecule has 1 aromatic carbocycles. The first-order valence-corrected chi connectivity index (χ1v) is 7.51. The molecule has 0 aliphatic carbocycles. The van der Waals surface area contributed by atoms with E-state index in [-0.39, 0.29) is 23.6 Å². The van der Waals surface area contributed by atoms with Crippen LogP contribution in [0.2, 0.25) is 0 Å². The zero-order chi connectivity index (χ0) is 18.4. The molecular weight excluding hydrogens is 328 g/mol. The zero-order valence-electron chi connectivity index (χ0n) is 13.2.